The van der Waals surface area contributed by atoms with Crippen molar-refractivity contribution in [3.05, 3.63) is 18.2 Å². The number of rotatable bonds is 5. The molecule has 2 rings (SSSR count). The summed E-state index contributed by atoms with van der Waals surface area (Å²) in [7, 11) is -3.62. The molecule has 0 radical (unpaired) electrons. The fraction of sp³-hybridized carbons (Fsp3) is 0.417. The van der Waals surface area contributed by atoms with E-state index in [-0.39, 0.29) is 22.3 Å². The smallest absolute Gasteiger partial charge is 0.240 e. The minimum absolute atomic E-state index is 0.122. The summed E-state index contributed by atoms with van der Waals surface area (Å²) in [6, 6.07) is 4.50. The second-order valence-electron chi connectivity index (χ2n) is 4.46. The Morgan fingerprint density at radius 1 is 1.40 bits per heavy atom. The lowest BCUT2D eigenvalue weighted by molar-refractivity contribution is 0.171. The van der Waals surface area contributed by atoms with Crippen LogP contribution in [0.5, 0.6) is 11.5 Å². The third kappa shape index (κ3) is 3.38. The number of thiocarbonyl (C=S) groups is 1. The van der Waals surface area contributed by atoms with Gasteiger partial charge < -0.3 is 15.2 Å². The summed E-state index contributed by atoms with van der Waals surface area (Å²) in [5.41, 5.74) is 5.46. The van der Waals surface area contributed by atoms with Gasteiger partial charge in [-0.15, -0.1) is 0 Å². The maximum absolute atomic E-state index is 12.2. The van der Waals surface area contributed by atoms with E-state index in [1.165, 1.54) is 12.1 Å². The van der Waals surface area contributed by atoms with Gasteiger partial charge in [0.05, 0.1) is 9.88 Å². The summed E-state index contributed by atoms with van der Waals surface area (Å²) in [5.74, 6) is 0.769. The molecule has 0 aromatic heterocycles. The maximum atomic E-state index is 12.2. The molecule has 1 atom stereocenters. The molecule has 0 amide bonds. The molecule has 0 aliphatic carbocycles. The zero-order chi connectivity index (χ0) is 14.8. The minimum atomic E-state index is -3.62. The Labute approximate surface area is 123 Å². The van der Waals surface area contributed by atoms with Crippen molar-refractivity contribution >= 4 is 27.2 Å². The van der Waals surface area contributed by atoms with Crippen molar-refractivity contribution in [3.63, 3.8) is 0 Å². The van der Waals surface area contributed by atoms with Crippen molar-refractivity contribution < 1.29 is 17.9 Å². The third-order valence-electron chi connectivity index (χ3n) is 2.89. The normalized spacial score (nSPS) is 15.7. The van der Waals surface area contributed by atoms with Crippen molar-refractivity contribution in [1.29, 1.82) is 0 Å². The van der Waals surface area contributed by atoms with Crippen LogP contribution in [0, 0.1) is 5.92 Å². The molecule has 1 aliphatic heterocycles. The minimum Gasteiger partial charge on any atom is -0.486 e. The van der Waals surface area contributed by atoms with Crippen LogP contribution < -0.4 is 19.9 Å². The third-order valence-corrected chi connectivity index (χ3v) is 4.71. The standard InChI is InChI=1S/C12H16N2O4S2/c1-8(12(13)19)7-14-20(15,16)9-2-3-10-11(6-9)18-5-4-17-10/h2-3,6,8,14H,4-5,7H2,1H3,(H2,13,19). The summed E-state index contributed by atoms with van der Waals surface area (Å²) in [6.45, 7) is 2.78. The van der Waals surface area contributed by atoms with Gasteiger partial charge in [0.1, 0.15) is 13.2 Å². The number of hydrogen-bond donors (Lipinski definition) is 2. The second kappa shape index (κ2) is 5.94. The quantitative estimate of drug-likeness (QED) is 0.776. The van der Waals surface area contributed by atoms with E-state index in [0.29, 0.717) is 24.7 Å². The molecule has 1 heterocycles. The first-order valence-electron chi connectivity index (χ1n) is 6.09. The first kappa shape index (κ1) is 15.0. The van der Waals surface area contributed by atoms with E-state index in [0.717, 1.165) is 0 Å². The Balaban J connectivity index is 2.15. The lowest BCUT2D eigenvalue weighted by atomic mass is 10.2. The monoisotopic (exact) mass is 316 g/mol. The number of hydrogen-bond acceptors (Lipinski definition) is 5. The highest BCUT2D eigenvalue weighted by molar-refractivity contribution is 7.89. The molecular weight excluding hydrogens is 300 g/mol. The van der Waals surface area contributed by atoms with Gasteiger partial charge in [0, 0.05) is 18.5 Å². The van der Waals surface area contributed by atoms with Gasteiger partial charge in [-0.05, 0) is 12.1 Å². The van der Waals surface area contributed by atoms with Crippen LogP contribution in [0.2, 0.25) is 0 Å². The van der Waals surface area contributed by atoms with Gasteiger partial charge in [0.2, 0.25) is 10.0 Å². The molecule has 0 saturated carbocycles. The van der Waals surface area contributed by atoms with Crippen LogP contribution in [-0.2, 0) is 10.0 Å². The van der Waals surface area contributed by atoms with Crippen molar-refractivity contribution in [2.24, 2.45) is 11.7 Å². The van der Waals surface area contributed by atoms with Crippen LogP contribution in [-0.4, -0.2) is 33.2 Å². The van der Waals surface area contributed by atoms with Crippen LogP contribution >= 0.6 is 12.2 Å². The summed E-state index contributed by atoms with van der Waals surface area (Å²) < 4.78 is 37.5. The molecule has 6 nitrogen and oxygen atoms in total. The highest BCUT2D eigenvalue weighted by Gasteiger charge is 2.20. The van der Waals surface area contributed by atoms with Gasteiger partial charge in [-0.1, -0.05) is 19.1 Å². The molecule has 8 heteroatoms. The number of ether oxygens (including phenoxy) is 2. The molecule has 0 spiro atoms. The summed E-state index contributed by atoms with van der Waals surface area (Å²) >= 11 is 4.81. The molecule has 3 N–H and O–H groups in total. The maximum Gasteiger partial charge on any atom is 0.240 e. The zero-order valence-corrected chi connectivity index (χ0v) is 12.6. The molecule has 0 saturated heterocycles. The summed E-state index contributed by atoms with van der Waals surface area (Å²) in [4.78, 5) is 0.395. The molecule has 1 aliphatic rings. The lowest BCUT2D eigenvalue weighted by Gasteiger charge is -2.19. The van der Waals surface area contributed by atoms with Crippen molar-refractivity contribution in [1.82, 2.24) is 4.72 Å². The molecule has 1 aromatic rings. The molecular formula is C12H16N2O4S2. The van der Waals surface area contributed by atoms with E-state index >= 15 is 0 Å². The van der Waals surface area contributed by atoms with E-state index in [4.69, 9.17) is 27.4 Å². The Morgan fingerprint density at radius 2 is 2.05 bits per heavy atom. The number of nitrogens with one attached hydrogen (secondary N) is 1. The van der Waals surface area contributed by atoms with E-state index in [1.807, 2.05) is 0 Å². The van der Waals surface area contributed by atoms with E-state index in [9.17, 15) is 8.42 Å². The van der Waals surface area contributed by atoms with Gasteiger partial charge in [0.15, 0.2) is 11.5 Å². The van der Waals surface area contributed by atoms with Gasteiger partial charge in [0.25, 0.3) is 0 Å². The first-order valence-corrected chi connectivity index (χ1v) is 7.98. The number of nitrogens with two attached hydrogens (primary N) is 1. The second-order valence-corrected chi connectivity index (χ2v) is 6.70. The van der Waals surface area contributed by atoms with Crippen LogP contribution in [0.25, 0.3) is 0 Å². The molecule has 20 heavy (non-hydrogen) atoms. The molecule has 110 valence electrons. The number of benzene rings is 1. The summed E-state index contributed by atoms with van der Waals surface area (Å²) in [6.07, 6.45) is 0. The van der Waals surface area contributed by atoms with Gasteiger partial charge in [-0.2, -0.15) is 0 Å². The molecule has 1 unspecified atom stereocenters. The fourth-order valence-corrected chi connectivity index (χ4v) is 2.84. The molecule has 1 aromatic carbocycles. The Kier molecular flexibility index (Phi) is 4.46. The van der Waals surface area contributed by atoms with Crippen molar-refractivity contribution in [3.8, 4) is 11.5 Å². The van der Waals surface area contributed by atoms with Gasteiger partial charge in [-0.3, -0.25) is 0 Å². The number of sulfonamides is 1. The lowest BCUT2D eigenvalue weighted by Crippen LogP contribution is -2.33. The predicted octanol–water partition coefficient (Wildman–Crippen LogP) is 0.658. The highest BCUT2D eigenvalue weighted by Crippen LogP contribution is 2.32. The van der Waals surface area contributed by atoms with Gasteiger partial charge in [-0.25, -0.2) is 13.1 Å². The number of fused-ring (bicyclic) bond motifs is 1. The van der Waals surface area contributed by atoms with Gasteiger partial charge >= 0.3 is 0 Å². The zero-order valence-electron chi connectivity index (χ0n) is 11.0. The Hall–Kier alpha value is -1.38. The van der Waals surface area contributed by atoms with E-state index in [2.05, 4.69) is 4.72 Å². The SMILES string of the molecule is CC(CNS(=O)(=O)c1ccc2c(c1)OCCO2)C(N)=S. The van der Waals surface area contributed by atoms with Crippen LogP contribution in [0.15, 0.2) is 23.1 Å². The Morgan fingerprint density at radius 3 is 2.70 bits per heavy atom. The van der Waals surface area contributed by atoms with Crippen LogP contribution in [0.4, 0.5) is 0 Å². The highest BCUT2D eigenvalue weighted by atomic mass is 32.2. The van der Waals surface area contributed by atoms with Crippen molar-refractivity contribution in [2.45, 2.75) is 11.8 Å². The fourth-order valence-electron chi connectivity index (χ4n) is 1.61. The first-order chi connectivity index (χ1) is 9.40. The predicted molar refractivity (Wildman–Crippen MR) is 78.6 cm³/mol. The largest absolute Gasteiger partial charge is 0.486 e. The average molecular weight is 316 g/mol. The van der Waals surface area contributed by atoms with E-state index in [1.54, 1.807) is 13.0 Å². The van der Waals surface area contributed by atoms with E-state index < -0.39 is 10.0 Å². The molecule has 0 bridgehead atoms. The topological polar surface area (TPSA) is 90.7 Å². The average Bonchev–Trinajstić information content (AvgIpc) is 2.44. The molecule has 0 fully saturated rings. The van der Waals surface area contributed by atoms with Crippen molar-refractivity contribution in [2.75, 3.05) is 19.8 Å². The Bertz CT molecular complexity index is 616. The van der Waals surface area contributed by atoms with Crippen LogP contribution in [0.3, 0.4) is 0 Å². The summed E-state index contributed by atoms with van der Waals surface area (Å²) in [5, 5.41) is 0. The van der Waals surface area contributed by atoms with Crippen LogP contribution in [0.1, 0.15) is 6.92 Å².